The molecule has 0 amide bonds. The fraction of sp³-hybridized carbons (Fsp3) is 0.750. The zero-order valence-electron chi connectivity index (χ0n) is 9.91. The highest BCUT2D eigenvalue weighted by atomic mass is 16.4. The molecule has 0 unspecified atom stereocenters. The van der Waals surface area contributed by atoms with Gasteiger partial charge < -0.3 is 10.2 Å². The lowest BCUT2D eigenvalue weighted by molar-refractivity contribution is -0.134. The quantitative estimate of drug-likeness (QED) is 0.508. The molecular formula is C12H24O3. The molecule has 0 heterocycles. The normalized spacial score (nSPS) is 9.80. The lowest BCUT2D eigenvalue weighted by Crippen LogP contribution is -1.78. The monoisotopic (exact) mass is 216 g/mol. The molecule has 15 heavy (non-hydrogen) atoms. The highest BCUT2D eigenvalue weighted by Crippen LogP contribution is 2.02. The molecule has 0 saturated heterocycles. The third-order valence-electron chi connectivity index (χ3n) is 1.69. The lowest BCUT2D eigenvalue weighted by atomic mass is 10.1. The van der Waals surface area contributed by atoms with Crippen LogP contribution < -0.4 is 0 Å². The van der Waals surface area contributed by atoms with Gasteiger partial charge in [-0.1, -0.05) is 38.3 Å². The molecule has 0 aromatic rings. The van der Waals surface area contributed by atoms with Gasteiger partial charge in [0.1, 0.15) is 0 Å². The van der Waals surface area contributed by atoms with Crippen LogP contribution in [0.5, 0.6) is 0 Å². The van der Waals surface area contributed by atoms with Crippen LogP contribution in [0.15, 0.2) is 12.2 Å². The third-order valence-corrected chi connectivity index (χ3v) is 1.69. The number of hydrogen-bond acceptors (Lipinski definition) is 2. The van der Waals surface area contributed by atoms with Crippen LogP contribution in [0.3, 0.4) is 0 Å². The second-order valence-corrected chi connectivity index (χ2v) is 3.35. The Bertz CT molecular complexity index is 149. The summed E-state index contributed by atoms with van der Waals surface area (Å²) in [7, 11) is 0. The average Bonchev–Trinajstić information content (AvgIpc) is 2.16. The summed E-state index contributed by atoms with van der Waals surface area (Å²) in [6.45, 7) is 3.59. The molecule has 2 N–H and O–H groups in total. The van der Waals surface area contributed by atoms with Crippen LogP contribution in [-0.4, -0.2) is 22.8 Å². The molecule has 0 saturated carbocycles. The van der Waals surface area contributed by atoms with Crippen molar-refractivity contribution < 1.29 is 15.0 Å². The number of hydrogen-bond donors (Lipinski definition) is 2. The lowest BCUT2D eigenvalue weighted by Gasteiger charge is -1.93. The molecule has 0 aromatic carbocycles. The standard InChI is InChI=1S/C10H20O.C2H4O2/c1-2-3-4-5-6-7-8-9-10-11;1-2(3)4/h7-8,11H,2-6,9-10H2,1H3;1H3,(H,3,4)/b8-7-;. The fourth-order valence-corrected chi connectivity index (χ4v) is 0.999. The molecule has 3 nitrogen and oxygen atoms in total. The van der Waals surface area contributed by atoms with Crippen LogP contribution >= 0.6 is 0 Å². The molecule has 0 rings (SSSR count). The molecule has 3 heteroatoms. The first-order valence-electron chi connectivity index (χ1n) is 5.60. The summed E-state index contributed by atoms with van der Waals surface area (Å²) in [4.78, 5) is 9.00. The van der Waals surface area contributed by atoms with Crippen LogP contribution in [0.25, 0.3) is 0 Å². The minimum Gasteiger partial charge on any atom is -0.481 e. The van der Waals surface area contributed by atoms with E-state index in [1.54, 1.807) is 0 Å². The van der Waals surface area contributed by atoms with Crippen molar-refractivity contribution in [2.75, 3.05) is 6.61 Å². The first kappa shape index (κ1) is 16.6. The maximum atomic E-state index is 9.00. The summed E-state index contributed by atoms with van der Waals surface area (Å²) in [5.74, 6) is -0.833. The smallest absolute Gasteiger partial charge is 0.300 e. The first-order valence-corrected chi connectivity index (χ1v) is 5.60. The predicted molar refractivity (Wildman–Crippen MR) is 62.9 cm³/mol. The molecule has 0 radical (unpaired) electrons. The molecule has 0 bridgehead atoms. The number of rotatable bonds is 7. The molecule has 0 aromatic heterocycles. The van der Waals surface area contributed by atoms with E-state index in [0.717, 1.165) is 13.3 Å². The van der Waals surface area contributed by atoms with Crippen molar-refractivity contribution in [2.24, 2.45) is 0 Å². The van der Waals surface area contributed by atoms with E-state index in [-0.39, 0.29) is 6.61 Å². The van der Waals surface area contributed by atoms with Crippen molar-refractivity contribution in [3.05, 3.63) is 12.2 Å². The van der Waals surface area contributed by atoms with Gasteiger partial charge in [-0.3, -0.25) is 4.79 Å². The molecule has 90 valence electrons. The highest BCUT2D eigenvalue weighted by Gasteiger charge is 1.83. The number of carboxylic acids is 1. The van der Waals surface area contributed by atoms with Gasteiger partial charge in [0.2, 0.25) is 0 Å². The predicted octanol–water partition coefficient (Wildman–Crippen LogP) is 2.99. The van der Waals surface area contributed by atoms with E-state index < -0.39 is 5.97 Å². The summed E-state index contributed by atoms with van der Waals surface area (Å²) in [6.07, 6.45) is 11.5. The van der Waals surface area contributed by atoms with Crippen LogP contribution in [0.1, 0.15) is 52.4 Å². The van der Waals surface area contributed by atoms with Gasteiger partial charge in [0.25, 0.3) is 5.97 Å². The maximum absolute atomic E-state index is 9.00. The Morgan fingerprint density at radius 1 is 1.13 bits per heavy atom. The van der Waals surface area contributed by atoms with Crippen molar-refractivity contribution in [3.63, 3.8) is 0 Å². The van der Waals surface area contributed by atoms with Crippen LogP contribution in [0.4, 0.5) is 0 Å². The Balaban J connectivity index is 0. The van der Waals surface area contributed by atoms with Crippen molar-refractivity contribution in [1.82, 2.24) is 0 Å². The maximum Gasteiger partial charge on any atom is 0.300 e. The largest absolute Gasteiger partial charge is 0.481 e. The van der Waals surface area contributed by atoms with Crippen molar-refractivity contribution in [2.45, 2.75) is 52.4 Å². The van der Waals surface area contributed by atoms with Gasteiger partial charge in [-0.05, 0) is 19.3 Å². The van der Waals surface area contributed by atoms with Gasteiger partial charge in [0, 0.05) is 13.5 Å². The Morgan fingerprint density at radius 3 is 2.13 bits per heavy atom. The van der Waals surface area contributed by atoms with Crippen LogP contribution in [0, 0.1) is 0 Å². The zero-order chi connectivity index (χ0) is 11.9. The van der Waals surface area contributed by atoms with E-state index in [1.807, 2.05) is 0 Å². The molecular weight excluding hydrogens is 192 g/mol. The molecule has 0 aliphatic rings. The number of aliphatic hydroxyl groups excluding tert-OH is 1. The van der Waals surface area contributed by atoms with E-state index in [0.29, 0.717) is 0 Å². The number of aliphatic carboxylic acids is 1. The summed E-state index contributed by atoms with van der Waals surface area (Å²) in [5.41, 5.74) is 0. The van der Waals surface area contributed by atoms with Crippen LogP contribution in [-0.2, 0) is 4.79 Å². The van der Waals surface area contributed by atoms with E-state index in [1.165, 1.54) is 32.1 Å². The second-order valence-electron chi connectivity index (χ2n) is 3.35. The van der Waals surface area contributed by atoms with Crippen molar-refractivity contribution in [1.29, 1.82) is 0 Å². The second kappa shape index (κ2) is 15.6. The molecule has 0 spiro atoms. The number of carboxylic acid groups (broad SMARTS) is 1. The van der Waals surface area contributed by atoms with Crippen molar-refractivity contribution in [3.8, 4) is 0 Å². The first-order chi connectivity index (χ1) is 7.15. The molecule has 0 atom stereocenters. The van der Waals surface area contributed by atoms with E-state index in [9.17, 15) is 0 Å². The third kappa shape index (κ3) is 32.0. The molecule has 0 aliphatic heterocycles. The van der Waals surface area contributed by atoms with Crippen LogP contribution in [0.2, 0.25) is 0 Å². The summed E-state index contributed by atoms with van der Waals surface area (Å²) >= 11 is 0. The topological polar surface area (TPSA) is 57.5 Å². The Labute approximate surface area is 92.8 Å². The summed E-state index contributed by atoms with van der Waals surface area (Å²) < 4.78 is 0. The Morgan fingerprint density at radius 2 is 1.67 bits per heavy atom. The number of allylic oxidation sites excluding steroid dienone is 1. The summed E-state index contributed by atoms with van der Waals surface area (Å²) in [5, 5.41) is 15.9. The zero-order valence-corrected chi connectivity index (χ0v) is 9.91. The van der Waals surface area contributed by atoms with Gasteiger partial charge in [0.15, 0.2) is 0 Å². The molecule has 0 fully saturated rings. The number of unbranched alkanes of at least 4 members (excludes halogenated alkanes) is 4. The Kier molecular flexibility index (Phi) is 17.3. The highest BCUT2D eigenvalue weighted by molar-refractivity contribution is 5.62. The fourth-order valence-electron chi connectivity index (χ4n) is 0.999. The van der Waals surface area contributed by atoms with Gasteiger partial charge in [-0.15, -0.1) is 0 Å². The minimum absolute atomic E-state index is 0.283. The minimum atomic E-state index is -0.833. The SMILES string of the molecule is CC(=O)O.CCCCCC/C=C\CCO. The average molecular weight is 216 g/mol. The van der Waals surface area contributed by atoms with Gasteiger partial charge in [-0.25, -0.2) is 0 Å². The Hall–Kier alpha value is -0.830. The van der Waals surface area contributed by atoms with E-state index in [4.69, 9.17) is 15.0 Å². The van der Waals surface area contributed by atoms with Gasteiger partial charge in [-0.2, -0.15) is 0 Å². The summed E-state index contributed by atoms with van der Waals surface area (Å²) in [6, 6.07) is 0. The number of carbonyl (C=O) groups is 1. The van der Waals surface area contributed by atoms with E-state index in [2.05, 4.69) is 19.1 Å². The van der Waals surface area contributed by atoms with Crippen molar-refractivity contribution >= 4 is 5.97 Å². The number of aliphatic hydroxyl groups is 1. The van der Waals surface area contributed by atoms with E-state index >= 15 is 0 Å². The van der Waals surface area contributed by atoms with Gasteiger partial charge in [0.05, 0.1) is 0 Å². The van der Waals surface area contributed by atoms with Gasteiger partial charge >= 0.3 is 0 Å². The molecule has 0 aliphatic carbocycles.